The lowest BCUT2D eigenvalue weighted by molar-refractivity contribution is -0.179. The first-order valence-electron chi connectivity index (χ1n) is 6.61. The molecule has 0 aromatic rings. The van der Waals surface area contributed by atoms with Crippen molar-refractivity contribution in [1.29, 1.82) is 0 Å². The van der Waals surface area contributed by atoms with Crippen molar-refractivity contribution in [2.75, 3.05) is 33.4 Å². The first-order chi connectivity index (χ1) is 9.25. The van der Waals surface area contributed by atoms with Crippen LogP contribution in [0.15, 0.2) is 0 Å². The summed E-state index contributed by atoms with van der Waals surface area (Å²) in [4.78, 5) is 11.7. The Labute approximate surface area is 119 Å². The molecule has 0 unspecified atom stereocenters. The Kier molecular flexibility index (Phi) is 4.12. The molecule has 2 heterocycles. The van der Waals surface area contributed by atoms with Crippen LogP contribution < -0.4 is 0 Å². The van der Waals surface area contributed by atoms with E-state index in [0.717, 1.165) is 0 Å². The van der Waals surface area contributed by atoms with Gasteiger partial charge in [0, 0.05) is 25.9 Å². The second kappa shape index (κ2) is 5.25. The Morgan fingerprint density at radius 1 is 1.20 bits per heavy atom. The van der Waals surface area contributed by atoms with Gasteiger partial charge >= 0.3 is 5.97 Å². The first-order valence-corrected chi connectivity index (χ1v) is 8.05. The highest BCUT2D eigenvalue weighted by molar-refractivity contribution is 7.91. The lowest BCUT2D eigenvalue weighted by Gasteiger charge is -2.39. The van der Waals surface area contributed by atoms with Gasteiger partial charge in [-0.2, -0.15) is 0 Å². The molecule has 2 aliphatic rings. The van der Waals surface area contributed by atoms with E-state index in [-0.39, 0.29) is 13.1 Å². The number of sulfonamides is 1. The summed E-state index contributed by atoms with van der Waals surface area (Å²) in [6.45, 7) is 4.37. The molecule has 2 rings (SSSR count). The van der Waals surface area contributed by atoms with Crippen LogP contribution in [0.25, 0.3) is 0 Å². The molecule has 0 radical (unpaired) electrons. The van der Waals surface area contributed by atoms with Crippen molar-refractivity contribution < 1.29 is 27.4 Å². The highest BCUT2D eigenvalue weighted by Crippen LogP contribution is 2.34. The lowest BCUT2D eigenvalue weighted by atomic mass is 10.1. The van der Waals surface area contributed by atoms with Crippen molar-refractivity contribution in [1.82, 2.24) is 4.31 Å². The molecule has 0 aromatic heterocycles. The summed E-state index contributed by atoms with van der Waals surface area (Å²) in [6.07, 6.45) is 0.951. The maximum atomic E-state index is 12.6. The molecular formula is C12H21NO6S. The molecule has 0 N–H and O–H groups in total. The van der Waals surface area contributed by atoms with E-state index in [0.29, 0.717) is 26.1 Å². The largest absolute Gasteiger partial charge is 0.468 e. The van der Waals surface area contributed by atoms with Crippen molar-refractivity contribution in [3.05, 3.63) is 0 Å². The van der Waals surface area contributed by atoms with E-state index in [2.05, 4.69) is 4.74 Å². The summed E-state index contributed by atoms with van der Waals surface area (Å²) in [5.74, 6) is -1.40. The summed E-state index contributed by atoms with van der Waals surface area (Å²) in [5, 5.41) is 0. The van der Waals surface area contributed by atoms with Crippen LogP contribution in [0.3, 0.4) is 0 Å². The molecule has 20 heavy (non-hydrogen) atoms. The van der Waals surface area contributed by atoms with E-state index in [1.165, 1.54) is 25.3 Å². The van der Waals surface area contributed by atoms with Gasteiger partial charge in [-0.3, -0.25) is 4.79 Å². The summed E-state index contributed by atoms with van der Waals surface area (Å²) < 4.78 is 40.5. The van der Waals surface area contributed by atoms with E-state index >= 15 is 0 Å². The second-order valence-electron chi connectivity index (χ2n) is 5.51. The number of hydrogen-bond acceptors (Lipinski definition) is 6. The molecule has 8 heteroatoms. The number of hydrogen-bond donors (Lipinski definition) is 0. The van der Waals surface area contributed by atoms with Gasteiger partial charge in [-0.25, -0.2) is 12.7 Å². The highest BCUT2D eigenvalue weighted by atomic mass is 32.2. The van der Waals surface area contributed by atoms with E-state index in [1.54, 1.807) is 0 Å². The van der Waals surface area contributed by atoms with E-state index in [1.807, 2.05) is 0 Å². The van der Waals surface area contributed by atoms with Crippen molar-refractivity contribution in [2.24, 2.45) is 0 Å². The molecular weight excluding hydrogens is 286 g/mol. The molecule has 2 fully saturated rings. The quantitative estimate of drug-likeness (QED) is 0.688. The Morgan fingerprint density at radius 2 is 1.70 bits per heavy atom. The maximum absolute atomic E-state index is 12.6. The highest BCUT2D eigenvalue weighted by Gasteiger charge is 2.50. The molecule has 7 nitrogen and oxygen atoms in total. The number of carbonyl (C=O) groups is 1. The Hall–Kier alpha value is -0.700. The summed E-state index contributed by atoms with van der Waals surface area (Å²) in [6, 6.07) is 0. The first kappa shape index (κ1) is 15.7. The van der Waals surface area contributed by atoms with E-state index < -0.39 is 26.5 Å². The number of nitrogens with zero attached hydrogens (tertiary/aromatic N) is 1. The third-order valence-electron chi connectivity index (χ3n) is 3.96. The molecule has 0 aromatic carbocycles. The van der Waals surface area contributed by atoms with E-state index in [9.17, 15) is 13.2 Å². The van der Waals surface area contributed by atoms with Crippen LogP contribution in [0.2, 0.25) is 0 Å². The number of piperidine rings is 1. The molecule has 0 saturated carbocycles. The molecule has 0 amide bonds. The normalized spacial score (nSPS) is 23.9. The van der Waals surface area contributed by atoms with Gasteiger partial charge in [-0.1, -0.05) is 0 Å². The van der Waals surface area contributed by atoms with Crippen LogP contribution in [0.1, 0.15) is 26.7 Å². The molecule has 1 spiro atoms. The van der Waals surface area contributed by atoms with Crippen molar-refractivity contribution in [3.8, 4) is 0 Å². The monoisotopic (exact) mass is 307 g/mol. The lowest BCUT2D eigenvalue weighted by Crippen LogP contribution is -2.55. The number of carbonyl (C=O) groups excluding carboxylic acids is 1. The predicted molar refractivity (Wildman–Crippen MR) is 70.5 cm³/mol. The maximum Gasteiger partial charge on any atom is 0.328 e. The standard InChI is InChI=1S/C12H21NO6S/c1-11(2,10(14)17-3)20(15,16)13-6-4-12(5-7-13)18-8-9-19-12/h4-9H2,1-3H3. The predicted octanol–water partition coefficient (Wildman–Crippen LogP) is 0.107. The summed E-state index contributed by atoms with van der Waals surface area (Å²) in [5.41, 5.74) is 0. The minimum atomic E-state index is -3.77. The average molecular weight is 307 g/mol. The fraction of sp³-hybridized carbons (Fsp3) is 0.917. The minimum absolute atomic E-state index is 0.281. The smallest absolute Gasteiger partial charge is 0.328 e. The molecule has 0 atom stereocenters. The van der Waals surface area contributed by atoms with Crippen molar-refractivity contribution >= 4 is 16.0 Å². The fourth-order valence-electron chi connectivity index (χ4n) is 2.53. The zero-order valence-corrected chi connectivity index (χ0v) is 12.9. The molecule has 0 aliphatic carbocycles. The zero-order valence-electron chi connectivity index (χ0n) is 12.0. The third-order valence-corrected chi connectivity index (χ3v) is 6.46. The topological polar surface area (TPSA) is 82.1 Å². The molecule has 0 bridgehead atoms. The molecule has 2 saturated heterocycles. The molecule has 116 valence electrons. The SMILES string of the molecule is COC(=O)C(C)(C)S(=O)(=O)N1CCC2(CC1)OCCO2. The van der Waals surface area contributed by atoms with Crippen LogP contribution in [0.4, 0.5) is 0 Å². The van der Waals surface area contributed by atoms with Gasteiger partial charge in [0.1, 0.15) is 0 Å². The molecule has 2 aliphatic heterocycles. The van der Waals surface area contributed by atoms with Gasteiger partial charge in [-0.15, -0.1) is 0 Å². The van der Waals surface area contributed by atoms with Gasteiger partial charge in [0.25, 0.3) is 0 Å². The van der Waals surface area contributed by atoms with Gasteiger partial charge in [-0.05, 0) is 13.8 Å². The van der Waals surface area contributed by atoms with Gasteiger partial charge in [0.15, 0.2) is 10.5 Å². The van der Waals surface area contributed by atoms with Crippen LogP contribution in [-0.4, -0.2) is 62.6 Å². The van der Waals surface area contributed by atoms with Crippen molar-refractivity contribution in [2.45, 2.75) is 37.2 Å². The van der Waals surface area contributed by atoms with E-state index in [4.69, 9.17) is 9.47 Å². The Balaban J connectivity index is 2.11. The van der Waals surface area contributed by atoms with Crippen molar-refractivity contribution in [3.63, 3.8) is 0 Å². The van der Waals surface area contributed by atoms with Crippen LogP contribution in [-0.2, 0) is 29.0 Å². The zero-order chi connectivity index (χ0) is 15.0. The summed E-state index contributed by atoms with van der Waals surface area (Å²) in [7, 11) is -2.59. The number of methoxy groups -OCH3 is 1. The number of ether oxygens (including phenoxy) is 3. The second-order valence-corrected chi connectivity index (χ2v) is 8.00. The van der Waals surface area contributed by atoms with Gasteiger partial charge in [0.05, 0.1) is 20.3 Å². The number of rotatable bonds is 3. The third kappa shape index (κ3) is 2.45. The van der Waals surface area contributed by atoms with Gasteiger partial charge in [0.2, 0.25) is 10.0 Å². The summed E-state index contributed by atoms with van der Waals surface area (Å²) >= 11 is 0. The van der Waals surface area contributed by atoms with Crippen LogP contribution in [0.5, 0.6) is 0 Å². The van der Waals surface area contributed by atoms with Crippen LogP contribution >= 0.6 is 0 Å². The Morgan fingerprint density at radius 3 is 2.15 bits per heavy atom. The number of esters is 1. The minimum Gasteiger partial charge on any atom is -0.468 e. The van der Waals surface area contributed by atoms with Crippen LogP contribution in [0, 0.1) is 0 Å². The average Bonchev–Trinajstić information content (AvgIpc) is 2.86. The Bertz CT molecular complexity index is 470. The fourth-order valence-corrected chi connectivity index (χ4v) is 4.13. The van der Waals surface area contributed by atoms with Gasteiger partial charge < -0.3 is 14.2 Å².